The number of hydrogen-bond acceptors (Lipinski definition) is 4. The van der Waals surface area contributed by atoms with Gasteiger partial charge in [0.2, 0.25) is 0 Å². The molecule has 0 bridgehead atoms. The minimum atomic E-state index is -0.134. The van der Waals surface area contributed by atoms with E-state index >= 15 is 0 Å². The fourth-order valence-corrected chi connectivity index (χ4v) is 2.95. The van der Waals surface area contributed by atoms with Crippen LogP contribution in [0.5, 0.6) is 0 Å². The number of para-hydroxylation sites is 1. The molecule has 1 heterocycles. The summed E-state index contributed by atoms with van der Waals surface area (Å²) in [5.74, 6) is -0.134. The second kappa shape index (κ2) is 7.77. The number of carbonyl (C=O) groups is 1. The number of hydrogen-bond donors (Lipinski definition) is 3. The molecule has 0 aliphatic heterocycles. The topological polar surface area (TPSA) is 66.0 Å². The quantitative estimate of drug-likeness (QED) is 0.648. The number of nitrogens with one attached hydrogen (secondary N) is 3. The lowest BCUT2D eigenvalue weighted by atomic mass is 10.0. The predicted molar refractivity (Wildman–Crippen MR) is 102 cm³/mol. The molecule has 0 spiro atoms. The van der Waals surface area contributed by atoms with E-state index in [-0.39, 0.29) is 11.9 Å². The normalized spacial score (nSPS) is 11.9. The SMILES string of the molecule is CNC[C@@H](Nc1ccnc2c(C(=O)NC)cccc12)c1ccccc1. The molecule has 0 aliphatic rings. The maximum absolute atomic E-state index is 12.1. The van der Waals surface area contributed by atoms with Gasteiger partial charge >= 0.3 is 0 Å². The number of carbonyl (C=O) groups excluding carboxylic acids is 1. The Morgan fingerprint density at radius 3 is 2.56 bits per heavy atom. The van der Waals surface area contributed by atoms with Crippen molar-refractivity contribution in [2.24, 2.45) is 0 Å². The van der Waals surface area contributed by atoms with E-state index in [4.69, 9.17) is 0 Å². The van der Waals surface area contributed by atoms with Crippen molar-refractivity contribution in [3.8, 4) is 0 Å². The van der Waals surface area contributed by atoms with Gasteiger partial charge in [-0.2, -0.15) is 0 Å². The molecule has 0 unspecified atom stereocenters. The molecular formula is C20H22N4O. The van der Waals surface area contributed by atoms with E-state index in [0.717, 1.165) is 17.6 Å². The monoisotopic (exact) mass is 334 g/mol. The van der Waals surface area contributed by atoms with Gasteiger partial charge in [0.25, 0.3) is 5.91 Å². The zero-order valence-corrected chi connectivity index (χ0v) is 14.4. The first-order chi connectivity index (χ1) is 12.2. The van der Waals surface area contributed by atoms with Gasteiger partial charge in [-0.3, -0.25) is 9.78 Å². The second-order valence-electron chi connectivity index (χ2n) is 5.80. The minimum absolute atomic E-state index is 0.112. The molecule has 3 rings (SSSR count). The lowest BCUT2D eigenvalue weighted by Crippen LogP contribution is -2.24. The Balaban J connectivity index is 2.02. The van der Waals surface area contributed by atoms with Crippen molar-refractivity contribution in [1.82, 2.24) is 15.6 Å². The van der Waals surface area contributed by atoms with E-state index in [9.17, 15) is 4.79 Å². The minimum Gasteiger partial charge on any atom is -0.376 e. The first-order valence-electron chi connectivity index (χ1n) is 8.30. The van der Waals surface area contributed by atoms with Crippen molar-refractivity contribution in [2.45, 2.75) is 6.04 Å². The van der Waals surface area contributed by atoms with Gasteiger partial charge in [-0.15, -0.1) is 0 Å². The summed E-state index contributed by atoms with van der Waals surface area (Å²) in [6.07, 6.45) is 1.73. The Kier molecular flexibility index (Phi) is 5.26. The van der Waals surface area contributed by atoms with E-state index in [2.05, 4.69) is 33.1 Å². The number of fused-ring (bicyclic) bond motifs is 1. The number of likely N-dealkylation sites (N-methyl/N-ethyl adjacent to an activating group) is 1. The largest absolute Gasteiger partial charge is 0.376 e. The molecule has 5 nitrogen and oxygen atoms in total. The van der Waals surface area contributed by atoms with E-state index in [1.807, 2.05) is 43.4 Å². The first kappa shape index (κ1) is 16.9. The van der Waals surface area contributed by atoms with Gasteiger partial charge in [-0.25, -0.2) is 0 Å². The molecule has 0 saturated carbocycles. The van der Waals surface area contributed by atoms with E-state index in [1.54, 1.807) is 19.3 Å². The summed E-state index contributed by atoms with van der Waals surface area (Å²) in [5, 5.41) is 10.4. The van der Waals surface area contributed by atoms with Crippen LogP contribution in [0.1, 0.15) is 22.0 Å². The van der Waals surface area contributed by atoms with Crippen molar-refractivity contribution < 1.29 is 4.79 Å². The third kappa shape index (κ3) is 3.61. The summed E-state index contributed by atoms with van der Waals surface area (Å²) in [4.78, 5) is 16.5. The van der Waals surface area contributed by atoms with E-state index < -0.39 is 0 Å². The molecule has 1 atom stereocenters. The standard InChI is InChI=1S/C20H22N4O/c1-21-13-18(14-7-4-3-5-8-14)24-17-11-12-23-19-15(17)9-6-10-16(19)20(25)22-2/h3-12,18,21H,13H2,1-2H3,(H,22,25)(H,23,24)/t18-/m1/s1. The van der Waals surface area contributed by atoms with Crippen LogP contribution >= 0.6 is 0 Å². The second-order valence-corrected chi connectivity index (χ2v) is 5.80. The predicted octanol–water partition coefficient (Wildman–Crippen LogP) is 2.97. The molecule has 0 aliphatic carbocycles. The third-order valence-corrected chi connectivity index (χ3v) is 4.18. The van der Waals surface area contributed by atoms with Crippen LogP contribution in [0.4, 0.5) is 5.69 Å². The zero-order valence-electron chi connectivity index (χ0n) is 14.4. The van der Waals surface area contributed by atoms with Gasteiger partial charge in [-0.05, 0) is 24.7 Å². The Morgan fingerprint density at radius 1 is 1.04 bits per heavy atom. The first-order valence-corrected chi connectivity index (χ1v) is 8.30. The molecule has 3 N–H and O–H groups in total. The summed E-state index contributed by atoms with van der Waals surface area (Å²) < 4.78 is 0. The Hall–Kier alpha value is -2.92. The van der Waals surface area contributed by atoms with Crippen molar-refractivity contribution >= 4 is 22.5 Å². The highest BCUT2D eigenvalue weighted by atomic mass is 16.1. The summed E-state index contributed by atoms with van der Waals surface area (Å²) in [5.41, 5.74) is 3.43. The molecule has 3 aromatic rings. The highest BCUT2D eigenvalue weighted by Crippen LogP contribution is 2.27. The third-order valence-electron chi connectivity index (χ3n) is 4.18. The molecule has 1 aromatic heterocycles. The summed E-state index contributed by atoms with van der Waals surface area (Å²) in [6.45, 7) is 0.781. The molecule has 25 heavy (non-hydrogen) atoms. The highest BCUT2D eigenvalue weighted by Gasteiger charge is 2.15. The van der Waals surface area contributed by atoms with Crippen LogP contribution in [-0.4, -0.2) is 31.5 Å². The number of benzene rings is 2. The van der Waals surface area contributed by atoms with Crippen molar-refractivity contribution in [3.05, 3.63) is 71.9 Å². The fraction of sp³-hybridized carbons (Fsp3) is 0.200. The molecular weight excluding hydrogens is 312 g/mol. The van der Waals surface area contributed by atoms with Crippen LogP contribution in [0.25, 0.3) is 10.9 Å². The van der Waals surface area contributed by atoms with Gasteiger partial charge in [-0.1, -0.05) is 42.5 Å². The number of nitrogens with zero attached hydrogens (tertiary/aromatic N) is 1. The average molecular weight is 334 g/mol. The summed E-state index contributed by atoms with van der Waals surface area (Å²) >= 11 is 0. The number of amides is 1. The lowest BCUT2D eigenvalue weighted by Gasteiger charge is -2.21. The molecule has 0 saturated heterocycles. The highest BCUT2D eigenvalue weighted by molar-refractivity contribution is 6.08. The molecule has 128 valence electrons. The average Bonchev–Trinajstić information content (AvgIpc) is 2.67. The summed E-state index contributed by atoms with van der Waals surface area (Å²) in [6, 6.07) is 18.0. The van der Waals surface area contributed by atoms with Crippen LogP contribution in [0.2, 0.25) is 0 Å². The number of aromatic nitrogens is 1. The summed E-state index contributed by atoms with van der Waals surface area (Å²) in [7, 11) is 3.56. The maximum Gasteiger partial charge on any atom is 0.253 e. The fourth-order valence-electron chi connectivity index (χ4n) is 2.95. The van der Waals surface area contributed by atoms with Gasteiger partial charge in [0, 0.05) is 30.9 Å². The Labute approximate surface area is 147 Å². The molecule has 0 fully saturated rings. The van der Waals surface area contributed by atoms with Gasteiger partial charge in [0.1, 0.15) is 0 Å². The smallest absolute Gasteiger partial charge is 0.253 e. The number of rotatable bonds is 6. The number of pyridine rings is 1. The molecule has 2 aromatic carbocycles. The van der Waals surface area contributed by atoms with E-state index in [0.29, 0.717) is 11.1 Å². The van der Waals surface area contributed by atoms with Crippen molar-refractivity contribution in [1.29, 1.82) is 0 Å². The van der Waals surface area contributed by atoms with E-state index in [1.165, 1.54) is 5.56 Å². The van der Waals surface area contributed by atoms with Gasteiger partial charge in [0.05, 0.1) is 17.1 Å². The van der Waals surface area contributed by atoms with Crippen LogP contribution < -0.4 is 16.0 Å². The van der Waals surface area contributed by atoms with Crippen LogP contribution in [0.15, 0.2) is 60.8 Å². The molecule has 0 radical (unpaired) electrons. The number of anilines is 1. The lowest BCUT2D eigenvalue weighted by molar-refractivity contribution is 0.0964. The van der Waals surface area contributed by atoms with Crippen LogP contribution in [-0.2, 0) is 0 Å². The Morgan fingerprint density at radius 2 is 1.84 bits per heavy atom. The van der Waals surface area contributed by atoms with Gasteiger partial charge in [0.15, 0.2) is 0 Å². The van der Waals surface area contributed by atoms with Crippen LogP contribution in [0, 0.1) is 0 Å². The zero-order chi connectivity index (χ0) is 17.6. The van der Waals surface area contributed by atoms with Gasteiger partial charge < -0.3 is 16.0 Å². The molecule has 5 heteroatoms. The van der Waals surface area contributed by atoms with Crippen molar-refractivity contribution in [2.75, 3.05) is 26.0 Å². The van der Waals surface area contributed by atoms with Crippen molar-refractivity contribution in [3.63, 3.8) is 0 Å². The van der Waals surface area contributed by atoms with Crippen LogP contribution in [0.3, 0.4) is 0 Å². The maximum atomic E-state index is 12.1. The molecule has 1 amide bonds. The Bertz CT molecular complexity index is 864.